The Hall–Kier alpha value is -2.50. The molecule has 0 unspecified atom stereocenters. The van der Waals surface area contributed by atoms with Crippen molar-refractivity contribution < 1.29 is 14.3 Å². The summed E-state index contributed by atoms with van der Waals surface area (Å²) in [5.41, 5.74) is 2.94. The van der Waals surface area contributed by atoms with Gasteiger partial charge in [0.1, 0.15) is 6.10 Å². The molecule has 6 heteroatoms. The van der Waals surface area contributed by atoms with Gasteiger partial charge >= 0.3 is 12.0 Å². The molecule has 1 aliphatic carbocycles. The third-order valence-electron chi connectivity index (χ3n) is 6.06. The lowest BCUT2D eigenvalue weighted by Gasteiger charge is -2.33. The Kier molecular flexibility index (Phi) is 5.96. The predicted molar refractivity (Wildman–Crippen MR) is 110 cm³/mol. The number of hydrogen-bond donors (Lipinski definition) is 2. The van der Waals surface area contributed by atoms with Crippen molar-refractivity contribution in [1.82, 2.24) is 10.6 Å². The number of nitrogens with zero attached hydrogens (tertiary/aromatic N) is 1. The maximum atomic E-state index is 13.1. The van der Waals surface area contributed by atoms with Crippen LogP contribution < -0.4 is 15.5 Å². The average molecular weight is 386 g/mol. The first-order chi connectivity index (χ1) is 13.3. The third kappa shape index (κ3) is 4.32. The van der Waals surface area contributed by atoms with Crippen LogP contribution >= 0.6 is 0 Å². The predicted octanol–water partition coefficient (Wildman–Crippen LogP) is 3.75. The number of carbonyl (C=O) groups is 2. The molecule has 6 nitrogen and oxygen atoms in total. The second-order valence-corrected chi connectivity index (χ2v) is 8.35. The second-order valence-electron chi connectivity index (χ2n) is 8.35. The number of rotatable bonds is 4. The maximum absolute atomic E-state index is 13.1. The van der Waals surface area contributed by atoms with Gasteiger partial charge in [0.2, 0.25) is 0 Å². The van der Waals surface area contributed by atoms with Gasteiger partial charge in [-0.05, 0) is 55.7 Å². The van der Waals surface area contributed by atoms with Crippen molar-refractivity contribution in [2.45, 2.75) is 52.2 Å². The van der Waals surface area contributed by atoms with Crippen LogP contribution in [0.25, 0.3) is 0 Å². The van der Waals surface area contributed by atoms with Gasteiger partial charge in [-0.1, -0.05) is 26.0 Å². The maximum Gasteiger partial charge on any atom is 0.338 e. The number of ether oxygens (including phenoxy) is 1. The molecule has 3 rings (SSSR count). The van der Waals surface area contributed by atoms with Gasteiger partial charge in [-0.2, -0.15) is 0 Å². The summed E-state index contributed by atoms with van der Waals surface area (Å²) in [4.78, 5) is 27.1. The zero-order valence-corrected chi connectivity index (χ0v) is 17.4. The van der Waals surface area contributed by atoms with Gasteiger partial charge in [-0.15, -0.1) is 0 Å². The molecule has 4 atom stereocenters. The molecule has 1 aromatic carbocycles. The molecule has 1 saturated carbocycles. The number of carbonyl (C=O) groups excluding carboxylic acids is 2. The molecular formula is C22H31N3O3. The minimum absolute atomic E-state index is 0.0617. The molecule has 152 valence electrons. The summed E-state index contributed by atoms with van der Waals surface area (Å²) in [5.74, 6) is 0.855. The Labute approximate surface area is 167 Å². The Morgan fingerprint density at radius 3 is 2.39 bits per heavy atom. The normalized spacial score (nSPS) is 27.7. The number of allylic oxidation sites excluding steroid dienone is 1. The molecule has 0 bridgehead atoms. The summed E-state index contributed by atoms with van der Waals surface area (Å²) >= 11 is 0. The van der Waals surface area contributed by atoms with E-state index in [1.807, 2.05) is 43.3 Å². The van der Waals surface area contributed by atoms with E-state index < -0.39 is 6.04 Å². The van der Waals surface area contributed by atoms with Crippen molar-refractivity contribution in [3.8, 4) is 0 Å². The summed E-state index contributed by atoms with van der Waals surface area (Å²) in [6.07, 6.45) is 2.79. The quantitative estimate of drug-likeness (QED) is 0.775. The molecule has 0 spiro atoms. The fourth-order valence-electron chi connectivity index (χ4n) is 4.00. The molecule has 1 fully saturated rings. The van der Waals surface area contributed by atoms with Crippen LogP contribution in [0, 0.1) is 11.8 Å². The van der Waals surface area contributed by atoms with Crippen LogP contribution in [0.2, 0.25) is 0 Å². The summed E-state index contributed by atoms with van der Waals surface area (Å²) in [6.45, 7) is 6.22. The van der Waals surface area contributed by atoms with E-state index in [0.717, 1.165) is 30.5 Å². The van der Waals surface area contributed by atoms with Gasteiger partial charge in [0.15, 0.2) is 0 Å². The SMILES string of the molecule is CC1=C(C(=O)O[C@H]2CC[C@@H](C)[C@@H](C)C2)[C@@H](c2ccc(N(C)C)cc2)NC(=O)N1. The van der Waals surface area contributed by atoms with Gasteiger partial charge in [0.25, 0.3) is 0 Å². The first-order valence-corrected chi connectivity index (χ1v) is 10.0. The highest BCUT2D eigenvalue weighted by Crippen LogP contribution is 2.33. The topological polar surface area (TPSA) is 70.7 Å². The van der Waals surface area contributed by atoms with Crippen molar-refractivity contribution >= 4 is 17.7 Å². The summed E-state index contributed by atoms with van der Waals surface area (Å²) in [5, 5.41) is 5.59. The second kappa shape index (κ2) is 8.25. The van der Waals surface area contributed by atoms with Gasteiger partial charge in [0.05, 0.1) is 11.6 Å². The number of nitrogens with one attached hydrogen (secondary N) is 2. The van der Waals surface area contributed by atoms with Gasteiger partial charge in [-0.25, -0.2) is 9.59 Å². The number of benzene rings is 1. The number of esters is 1. The highest BCUT2D eigenvalue weighted by molar-refractivity contribution is 5.95. The summed E-state index contributed by atoms with van der Waals surface area (Å²) in [7, 11) is 3.94. The zero-order valence-electron chi connectivity index (χ0n) is 17.4. The number of urea groups is 1. The fraction of sp³-hybridized carbons (Fsp3) is 0.545. The van der Waals surface area contributed by atoms with Gasteiger partial charge in [0, 0.05) is 25.5 Å². The minimum Gasteiger partial charge on any atom is -0.459 e. The third-order valence-corrected chi connectivity index (χ3v) is 6.06. The number of anilines is 1. The van der Waals surface area contributed by atoms with Crippen molar-refractivity contribution in [1.29, 1.82) is 0 Å². The summed E-state index contributed by atoms with van der Waals surface area (Å²) in [6, 6.07) is 7.01. The van der Waals surface area contributed by atoms with Crippen LogP contribution in [0.1, 0.15) is 51.6 Å². The Bertz CT molecular complexity index is 770. The molecule has 0 saturated heterocycles. The van der Waals surface area contributed by atoms with Crippen molar-refractivity contribution in [2.24, 2.45) is 11.8 Å². The smallest absolute Gasteiger partial charge is 0.338 e. The molecule has 2 amide bonds. The van der Waals surface area contributed by atoms with Gasteiger partial charge < -0.3 is 20.3 Å². The molecule has 2 aliphatic rings. The Morgan fingerprint density at radius 1 is 1.11 bits per heavy atom. The number of hydrogen-bond acceptors (Lipinski definition) is 4. The van der Waals surface area contributed by atoms with Crippen LogP contribution in [0.15, 0.2) is 35.5 Å². The minimum atomic E-state index is -0.516. The lowest BCUT2D eigenvalue weighted by atomic mass is 9.80. The first-order valence-electron chi connectivity index (χ1n) is 10.0. The Balaban J connectivity index is 1.82. The lowest BCUT2D eigenvalue weighted by molar-refractivity contribution is -0.147. The highest BCUT2D eigenvalue weighted by atomic mass is 16.5. The highest BCUT2D eigenvalue weighted by Gasteiger charge is 2.34. The van der Waals surface area contributed by atoms with Crippen LogP contribution in [0.3, 0.4) is 0 Å². The fourth-order valence-corrected chi connectivity index (χ4v) is 4.00. The largest absolute Gasteiger partial charge is 0.459 e. The van der Waals surface area contributed by atoms with E-state index in [0.29, 0.717) is 23.1 Å². The lowest BCUT2D eigenvalue weighted by Crippen LogP contribution is -2.45. The molecule has 1 aromatic rings. The molecule has 1 aliphatic heterocycles. The van der Waals surface area contributed by atoms with Crippen LogP contribution in [0.4, 0.5) is 10.5 Å². The standard InChI is InChI=1S/C22H31N3O3/c1-13-6-11-18(12-14(13)2)28-21(26)19-15(3)23-22(27)24-20(19)16-7-9-17(10-8-16)25(4)5/h7-10,13-14,18,20H,6,11-12H2,1-5H3,(H2,23,24,27)/t13-,14+,18+,20-/m1/s1. The van der Waals surface area contributed by atoms with E-state index in [1.165, 1.54) is 0 Å². The average Bonchev–Trinajstić information content (AvgIpc) is 2.64. The summed E-state index contributed by atoms with van der Waals surface area (Å²) < 4.78 is 5.87. The molecule has 2 N–H and O–H groups in total. The monoisotopic (exact) mass is 385 g/mol. The van der Waals surface area contributed by atoms with Gasteiger partial charge in [-0.3, -0.25) is 0 Å². The first kappa shape index (κ1) is 20.2. The van der Waals surface area contributed by atoms with Crippen LogP contribution in [0.5, 0.6) is 0 Å². The van der Waals surface area contributed by atoms with Crippen molar-refractivity contribution in [2.75, 3.05) is 19.0 Å². The van der Waals surface area contributed by atoms with Crippen molar-refractivity contribution in [3.63, 3.8) is 0 Å². The van der Waals surface area contributed by atoms with E-state index >= 15 is 0 Å². The Morgan fingerprint density at radius 2 is 1.79 bits per heavy atom. The molecule has 28 heavy (non-hydrogen) atoms. The molecule has 0 radical (unpaired) electrons. The van der Waals surface area contributed by atoms with E-state index in [1.54, 1.807) is 6.92 Å². The van der Waals surface area contributed by atoms with E-state index in [-0.39, 0.29) is 18.1 Å². The molecule has 1 heterocycles. The van der Waals surface area contributed by atoms with E-state index in [9.17, 15) is 9.59 Å². The molecule has 0 aromatic heterocycles. The van der Waals surface area contributed by atoms with Crippen LogP contribution in [-0.2, 0) is 9.53 Å². The molecular weight excluding hydrogens is 354 g/mol. The van der Waals surface area contributed by atoms with E-state index in [4.69, 9.17) is 4.74 Å². The van der Waals surface area contributed by atoms with Crippen molar-refractivity contribution in [3.05, 3.63) is 41.1 Å². The van der Waals surface area contributed by atoms with E-state index in [2.05, 4.69) is 24.5 Å². The number of amides is 2. The zero-order chi connectivity index (χ0) is 20.4. The van der Waals surface area contributed by atoms with Crippen LogP contribution in [-0.4, -0.2) is 32.2 Å².